The largest absolute Gasteiger partial charge is 0.488 e. The lowest BCUT2D eigenvalue weighted by atomic mass is 10.1. The van der Waals surface area contributed by atoms with Crippen LogP contribution in [-0.4, -0.2) is 15.6 Å². The van der Waals surface area contributed by atoms with Crippen LogP contribution in [0.1, 0.15) is 58.1 Å². The smallest absolute Gasteiger partial charge is 0.257 e. The number of nitrogens with one attached hydrogen (secondary N) is 1. The van der Waals surface area contributed by atoms with Gasteiger partial charge in [0.25, 0.3) is 11.5 Å². The summed E-state index contributed by atoms with van der Waals surface area (Å²) in [6, 6.07) is 4.98. The van der Waals surface area contributed by atoms with E-state index in [0.29, 0.717) is 30.0 Å². The molecular weight excluding hydrogens is 386 g/mol. The Kier molecular flexibility index (Phi) is 5.74. The van der Waals surface area contributed by atoms with Crippen molar-refractivity contribution < 1.29 is 18.5 Å². The molecule has 158 valence electrons. The molecule has 1 N–H and O–H groups in total. The first-order chi connectivity index (χ1) is 14.5. The average molecular weight is 411 g/mol. The minimum Gasteiger partial charge on any atom is -0.488 e. The molecule has 1 aliphatic heterocycles. The lowest BCUT2D eigenvalue weighted by Crippen LogP contribution is -2.30. The summed E-state index contributed by atoms with van der Waals surface area (Å²) in [4.78, 5) is 25.9. The molecule has 3 aromatic rings. The second kappa shape index (κ2) is 8.61. The van der Waals surface area contributed by atoms with Crippen molar-refractivity contribution in [2.75, 3.05) is 0 Å². The standard InChI is InChI=1S/C22H25N3O5/c1-14-17(15(2)30-24-14)13-29-19-11-20(26)25-9-5-3-4-8-18(25)21(19)22(27)23-12-16-7-6-10-28-16/h6-7,10-11H,3-5,8-9,12-13H2,1-2H3,(H,23,27). The minimum absolute atomic E-state index is 0.150. The molecule has 0 fully saturated rings. The van der Waals surface area contributed by atoms with E-state index < -0.39 is 0 Å². The predicted molar refractivity (Wildman–Crippen MR) is 108 cm³/mol. The molecule has 0 saturated heterocycles. The van der Waals surface area contributed by atoms with Gasteiger partial charge in [0, 0.05) is 18.3 Å². The van der Waals surface area contributed by atoms with Gasteiger partial charge in [0.15, 0.2) is 0 Å². The van der Waals surface area contributed by atoms with E-state index in [9.17, 15) is 9.59 Å². The number of hydrogen-bond acceptors (Lipinski definition) is 6. The van der Waals surface area contributed by atoms with Crippen molar-refractivity contribution in [3.63, 3.8) is 0 Å². The molecule has 0 bridgehead atoms. The first-order valence-corrected chi connectivity index (χ1v) is 10.2. The van der Waals surface area contributed by atoms with E-state index in [-0.39, 0.29) is 30.4 Å². The van der Waals surface area contributed by atoms with Crippen LogP contribution in [0.4, 0.5) is 0 Å². The van der Waals surface area contributed by atoms with Gasteiger partial charge >= 0.3 is 0 Å². The molecule has 0 unspecified atom stereocenters. The summed E-state index contributed by atoms with van der Waals surface area (Å²) in [5.41, 5.74) is 2.53. The van der Waals surface area contributed by atoms with E-state index in [2.05, 4.69) is 10.5 Å². The average Bonchev–Trinajstić information content (AvgIpc) is 3.27. The Bertz CT molecular complexity index is 1080. The van der Waals surface area contributed by atoms with E-state index in [0.717, 1.165) is 36.2 Å². The maximum atomic E-state index is 13.2. The van der Waals surface area contributed by atoms with E-state index in [1.807, 2.05) is 13.8 Å². The highest BCUT2D eigenvalue weighted by atomic mass is 16.5. The van der Waals surface area contributed by atoms with Crippen LogP contribution in [0.25, 0.3) is 0 Å². The highest BCUT2D eigenvalue weighted by Gasteiger charge is 2.24. The van der Waals surface area contributed by atoms with Crippen molar-refractivity contribution in [2.45, 2.75) is 59.2 Å². The highest BCUT2D eigenvalue weighted by molar-refractivity contribution is 5.98. The third-order valence-corrected chi connectivity index (χ3v) is 5.46. The number of pyridine rings is 1. The Morgan fingerprint density at radius 1 is 1.30 bits per heavy atom. The van der Waals surface area contributed by atoms with Crippen LogP contribution in [0.3, 0.4) is 0 Å². The van der Waals surface area contributed by atoms with Gasteiger partial charge in [-0.25, -0.2) is 0 Å². The number of hydrogen-bond donors (Lipinski definition) is 1. The zero-order valence-corrected chi connectivity index (χ0v) is 17.2. The molecule has 8 heteroatoms. The van der Waals surface area contributed by atoms with Gasteiger partial charge in [0.2, 0.25) is 0 Å². The van der Waals surface area contributed by atoms with Gasteiger partial charge in [-0.2, -0.15) is 0 Å². The monoisotopic (exact) mass is 411 g/mol. The topological polar surface area (TPSA) is 99.5 Å². The van der Waals surface area contributed by atoms with Gasteiger partial charge < -0.3 is 23.6 Å². The molecule has 1 aliphatic rings. The fourth-order valence-corrected chi connectivity index (χ4v) is 3.80. The zero-order chi connectivity index (χ0) is 21.1. The first kappa shape index (κ1) is 20.0. The molecule has 0 aromatic carbocycles. The normalized spacial score (nSPS) is 13.5. The Balaban J connectivity index is 1.68. The molecule has 8 nitrogen and oxygen atoms in total. The van der Waals surface area contributed by atoms with E-state index in [1.165, 1.54) is 6.07 Å². The Hall–Kier alpha value is -3.29. The number of aryl methyl sites for hydroxylation is 2. The van der Waals surface area contributed by atoms with Crippen LogP contribution in [0.2, 0.25) is 0 Å². The quantitative estimate of drug-likeness (QED) is 0.668. The van der Waals surface area contributed by atoms with Crippen molar-refractivity contribution in [1.29, 1.82) is 0 Å². The van der Waals surface area contributed by atoms with Gasteiger partial charge in [-0.15, -0.1) is 0 Å². The number of carbonyl (C=O) groups is 1. The molecule has 0 atom stereocenters. The molecular formula is C22H25N3O5. The molecule has 4 heterocycles. The van der Waals surface area contributed by atoms with Crippen LogP contribution in [-0.2, 0) is 26.1 Å². The zero-order valence-electron chi connectivity index (χ0n) is 17.2. The number of fused-ring (bicyclic) bond motifs is 1. The summed E-state index contributed by atoms with van der Waals surface area (Å²) < 4.78 is 18.2. The summed E-state index contributed by atoms with van der Waals surface area (Å²) >= 11 is 0. The Morgan fingerprint density at radius 2 is 2.17 bits per heavy atom. The molecule has 3 aromatic heterocycles. The minimum atomic E-state index is -0.286. The SMILES string of the molecule is Cc1noc(C)c1COc1cc(=O)n2c(c1C(=O)NCc1ccco1)CCCCC2. The molecule has 30 heavy (non-hydrogen) atoms. The van der Waals surface area contributed by atoms with Crippen LogP contribution in [0.5, 0.6) is 5.75 Å². The second-order valence-corrected chi connectivity index (χ2v) is 7.48. The molecule has 0 aliphatic carbocycles. The summed E-state index contributed by atoms with van der Waals surface area (Å²) in [7, 11) is 0. The number of carbonyl (C=O) groups excluding carboxylic acids is 1. The second-order valence-electron chi connectivity index (χ2n) is 7.48. The van der Waals surface area contributed by atoms with E-state index in [1.54, 1.807) is 23.0 Å². The fraction of sp³-hybridized carbons (Fsp3) is 0.409. The van der Waals surface area contributed by atoms with Gasteiger partial charge in [-0.05, 0) is 45.2 Å². The number of rotatable bonds is 6. The van der Waals surface area contributed by atoms with Crippen LogP contribution in [0.15, 0.2) is 38.2 Å². The number of ether oxygens (including phenoxy) is 1. The van der Waals surface area contributed by atoms with Crippen molar-refractivity contribution in [2.24, 2.45) is 0 Å². The van der Waals surface area contributed by atoms with Crippen molar-refractivity contribution >= 4 is 5.91 Å². The summed E-state index contributed by atoms with van der Waals surface area (Å²) in [5, 5.41) is 6.82. The van der Waals surface area contributed by atoms with Gasteiger partial charge in [-0.3, -0.25) is 9.59 Å². The van der Waals surface area contributed by atoms with Crippen LogP contribution < -0.4 is 15.6 Å². The molecule has 0 spiro atoms. The molecule has 0 radical (unpaired) electrons. The van der Waals surface area contributed by atoms with Crippen LogP contribution in [0, 0.1) is 13.8 Å². The van der Waals surface area contributed by atoms with E-state index in [4.69, 9.17) is 13.7 Å². The third-order valence-electron chi connectivity index (χ3n) is 5.46. The summed E-state index contributed by atoms with van der Waals surface area (Å²) in [5.74, 6) is 1.31. The van der Waals surface area contributed by atoms with Crippen LogP contribution >= 0.6 is 0 Å². The van der Waals surface area contributed by atoms with Gasteiger partial charge in [0.1, 0.15) is 29.4 Å². The summed E-state index contributed by atoms with van der Waals surface area (Å²) in [6.07, 6.45) is 5.07. The van der Waals surface area contributed by atoms with E-state index >= 15 is 0 Å². The van der Waals surface area contributed by atoms with Gasteiger partial charge in [0.05, 0.1) is 24.1 Å². The number of furan rings is 1. The van der Waals surface area contributed by atoms with Crippen molar-refractivity contribution in [3.05, 3.63) is 68.9 Å². The highest BCUT2D eigenvalue weighted by Crippen LogP contribution is 2.26. The third kappa shape index (κ3) is 4.03. The van der Waals surface area contributed by atoms with Gasteiger partial charge in [-0.1, -0.05) is 11.6 Å². The Labute approximate surface area is 173 Å². The maximum Gasteiger partial charge on any atom is 0.257 e. The number of aromatic nitrogens is 2. The molecule has 1 amide bonds. The molecule has 4 rings (SSSR count). The predicted octanol–water partition coefficient (Wildman–Crippen LogP) is 3.28. The van der Waals surface area contributed by atoms with Crippen molar-refractivity contribution in [3.8, 4) is 5.75 Å². The Morgan fingerprint density at radius 3 is 2.90 bits per heavy atom. The lowest BCUT2D eigenvalue weighted by molar-refractivity contribution is 0.0941. The number of amides is 1. The number of nitrogens with zero attached hydrogens (tertiary/aromatic N) is 2. The first-order valence-electron chi connectivity index (χ1n) is 10.2. The lowest BCUT2D eigenvalue weighted by Gasteiger charge is -2.18. The summed E-state index contributed by atoms with van der Waals surface area (Å²) in [6.45, 7) is 4.67. The maximum absolute atomic E-state index is 13.2. The fourth-order valence-electron chi connectivity index (χ4n) is 3.80. The molecule has 0 saturated carbocycles. The van der Waals surface area contributed by atoms with Crippen molar-refractivity contribution in [1.82, 2.24) is 15.0 Å².